The Morgan fingerprint density at radius 1 is 1.33 bits per heavy atom. The van der Waals surface area contributed by atoms with Crippen molar-refractivity contribution in [1.29, 1.82) is 0 Å². The predicted octanol–water partition coefficient (Wildman–Crippen LogP) is 4.49. The van der Waals surface area contributed by atoms with Crippen LogP contribution in [0.5, 0.6) is 0 Å². The quantitative estimate of drug-likeness (QED) is 0.779. The molecule has 0 aromatic carbocycles. The van der Waals surface area contributed by atoms with E-state index in [1.54, 1.807) is 11.3 Å². The molecule has 0 aliphatic heterocycles. The molecule has 1 aromatic rings. The molecule has 3 heteroatoms. The summed E-state index contributed by atoms with van der Waals surface area (Å²) in [5, 5.41) is 6.54. The van der Waals surface area contributed by atoms with Crippen LogP contribution in [0.1, 0.15) is 44.5 Å². The number of halogens is 1. The molecule has 86 valence electrons. The smallest absolute Gasteiger partial charge is 0.0561 e. The first kappa shape index (κ1) is 13.0. The highest BCUT2D eigenvalue weighted by Crippen LogP contribution is 2.35. The van der Waals surface area contributed by atoms with E-state index in [9.17, 15) is 0 Å². The van der Waals surface area contributed by atoms with Gasteiger partial charge in [-0.2, -0.15) is 0 Å². The summed E-state index contributed by atoms with van der Waals surface area (Å²) in [4.78, 5) is 1.30. The minimum absolute atomic E-state index is 0.428. The van der Waals surface area contributed by atoms with Gasteiger partial charge in [0, 0.05) is 10.9 Å². The molecule has 1 unspecified atom stereocenters. The highest BCUT2D eigenvalue weighted by atomic mass is 35.5. The molecule has 0 aliphatic carbocycles. The summed E-state index contributed by atoms with van der Waals surface area (Å²) in [6, 6.07) is 2.42. The summed E-state index contributed by atoms with van der Waals surface area (Å²) < 4.78 is 0. The minimum atomic E-state index is 0.428. The third-order valence-corrected chi connectivity index (χ3v) is 4.31. The lowest BCUT2D eigenvalue weighted by atomic mass is 9.93. The molecule has 1 N–H and O–H groups in total. The maximum Gasteiger partial charge on any atom is 0.0561 e. The van der Waals surface area contributed by atoms with Crippen molar-refractivity contribution in [2.45, 2.75) is 39.7 Å². The van der Waals surface area contributed by atoms with E-state index in [1.165, 1.54) is 17.7 Å². The van der Waals surface area contributed by atoms with Crippen molar-refractivity contribution < 1.29 is 0 Å². The average Bonchev–Trinajstić information content (AvgIpc) is 2.65. The molecule has 1 nitrogen and oxygen atoms in total. The number of nitrogens with one attached hydrogen (secondary N) is 1. The summed E-state index contributed by atoms with van der Waals surface area (Å²) in [6.45, 7) is 7.65. The summed E-state index contributed by atoms with van der Waals surface area (Å²) in [5.74, 6) is 0.682. The second kappa shape index (κ2) is 6.51. The van der Waals surface area contributed by atoms with Gasteiger partial charge in [-0.1, -0.05) is 45.2 Å². The van der Waals surface area contributed by atoms with Crippen LogP contribution in [-0.4, -0.2) is 6.54 Å². The van der Waals surface area contributed by atoms with Crippen molar-refractivity contribution in [2.75, 3.05) is 6.54 Å². The normalized spacial score (nSPS) is 13.4. The van der Waals surface area contributed by atoms with Crippen molar-refractivity contribution in [3.63, 3.8) is 0 Å². The van der Waals surface area contributed by atoms with Crippen molar-refractivity contribution in [3.05, 3.63) is 21.3 Å². The third kappa shape index (κ3) is 3.20. The van der Waals surface area contributed by atoms with Gasteiger partial charge in [-0.05, 0) is 23.9 Å². The SMILES string of the molecule is CCNC(c1sccc1Cl)C(CC)CC. The topological polar surface area (TPSA) is 12.0 Å². The fourth-order valence-electron chi connectivity index (χ4n) is 1.98. The highest BCUT2D eigenvalue weighted by molar-refractivity contribution is 7.10. The Hall–Kier alpha value is -0.0500. The lowest BCUT2D eigenvalue weighted by molar-refractivity contribution is 0.351. The Morgan fingerprint density at radius 2 is 2.00 bits per heavy atom. The van der Waals surface area contributed by atoms with Gasteiger partial charge in [-0.15, -0.1) is 11.3 Å². The predicted molar refractivity (Wildman–Crippen MR) is 69.8 cm³/mol. The van der Waals surface area contributed by atoms with E-state index in [4.69, 9.17) is 11.6 Å². The molecule has 0 bridgehead atoms. The average molecular weight is 246 g/mol. The van der Waals surface area contributed by atoms with E-state index in [-0.39, 0.29) is 0 Å². The van der Waals surface area contributed by atoms with Gasteiger partial charge in [0.2, 0.25) is 0 Å². The van der Waals surface area contributed by atoms with E-state index in [1.807, 2.05) is 6.07 Å². The molecule has 1 atom stereocenters. The zero-order valence-electron chi connectivity index (χ0n) is 9.72. The van der Waals surface area contributed by atoms with Crippen molar-refractivity contribution >= 4 is 22.9 Å². The number of thiophene rings is 1. The molecule has 1 rings (SSSR count). The molecule has 0 saturated carbocycles. The molecule has 0 radical (unpaired) electrons. The van der Waals surface area contributed by atoms with Gasteiger partial charge in [0.1, 0.15) is 0 Å². The number of hydrogen-bond donors (Lipinski definition) is 1. The van der Waals surface area contributed by atoms with E-state index in [0.717, 1.165) is 11.6 Å². The van der Waals surface area contributed by atoms with Crippen LogP contribution >= 0.6 is 22.9 Å². The molecule has 1 aromatic heterocycles. The molecular weight excluding hydrogens is 226 g/mol. The lowest BCUT2D eigenvalue weighted by Crippen LogP contribution is -2.27. The van der Waals surface area contributed by atoms with Crippen molar-refractivity contribution in [1.82, 2.24) is 5.32 Å². The van der Waals surface area contributed by atoms with Gasteiger partial charge in [-0.25, -0.2) is 0 Å². The fourth-order valence-corrected chi connectivity index (χ4v) is 3.32. The Labute approximate surface area is 102 Å². The van der Waals surface area contributed by atoms with Crippen LogP contribution in [0.2, 0.25) is 5.02 Å². The second-order valence-electron chi connectivity index (χ2n) is 3.74. The van der Waals surface area contributed by atoms with Crippen LogP contribution < -0.4 is 5.32 Å². The molecular formula is C12H20ClNS. The van der Waals surface area contributed by atoms with Gasteiger partial charge in [0.25, 0.3) is 0 Å². The molecule has 1 heterocycles. The van der Waals surface area contributed by atoms with E-state index in [0.29, 0.717) is 12.0 Å². The first-order valence-corrected chi connectivity index (χ1v) is 6.96. The van der Waals surface area contributed by atoms with Gasteiger partial charge < -0.3 is 5.32 Å². The first-order valence-electron chi connectivity index (χ1n) is 5.70. The Morgan fingerprint density at radius 3 is 2.40 bits per heavy atom. The van der Waals surface area contributed by atoms with Crippen LogP contribution in [0.3, 0.4) is 0 Å². The van der Waals surface area contributed by atoms with Crippen LogP contribution in [0.15, 0.2) is 11.4 Å². The maximum atomic E-state index is 6.20. The lowest BCUT2D eigenvalue weighted by Gasteiger charge is -2.25. The fraction of sp³-hybridized carbons (Fsp3) is 0.667. The van der Waals surface area contributed by atoms with Gasteiger partial charge in [0.15, 0.2) is 0 Å². The first-order chi connectivity index (χ1) is 7.24. The zero-order valence-corrected chi connectivity index (χ0v) is 11.3. The molecule has 0 saturated heterocycles. The van der Waals surface area contributed by atoms with Gasteiger partial charge in [-0.3, -0.25) is 0 Å². The molecule has 0 fully saturated rings. The Bertz CT molecular complexity index is 281. The molecule has 0 aliphatic rings. The van der Waals surface area contributed by atoms with E-state index in [2.05, 4.69) is 31.5 Å². The van der Waals surface area contributed by atoms with Crippen LogP contribution in [-0.2, 0) is 0 Å². The van der Waals surface area contributed by atoms with Gasteiger partial charge in [0.05, 0.1) is 5.02 Å². The molecule has 15 heavy (non-hydrogen) atoms. The number of hydrogen-bond acceptors (Lipinski definition) is 2. The van der Waals surface area contributed by atoms with Gasteiger partial charge >= 0.3 is 0 Å². The third-order valence-electron chi connectivity index (χ3n) is 2.87. The summed E-state index contributed by atoms with van der Waals surface area (Å²) >= 11 is 7.96. The van der Waals surface area contributed by atoms with Crippen molar-refractivity contribution in [3.8, 4) is 0 Å². The largest absolute Gasteiger partial charge is 0.309 e. The van der Waals surface area contributed by atoms with Crippen LogP contribution in [0, 0.1) is 5.92 Å². The summed E-state index contributed by atoms with van der Waals surface area (Å²) in [5.41, 5.74) is 0. The molecule has 0 amide bonds. The number of rotatable bonds is 6. The Balaban J connectivity index is 2.86. The monoisotopic (exact) mass is 245 g/mol. The molecule has 0 spiro atoms. The van der Waals surface area contributed by atoms with Crippen LogP contribution in [0.4, 0.5) is 0 Å². The minimum Gasteiger partial charge on any atom is -0.309 e. The summed E-state index contributed by atoms with van der Waals surface area (Å²) in [7, 11) is 0. The van der Waals surface area contributed by atoms with E-state index >= 15 is 0 Å². The van der Waals surface area contributed by atoms with Crippen LogP contribution in [0.25, 0.3) is 0 Å². The zero-order chi connectivity index (χ0) is 11.3. The standard InChI is InChI=1S/C12H20ClNS/c1-4-9(5-2)11(14-6-3)12-10(13)7-8-15-12/h7-9,11,14H,4-6H2,1-3H3. The Kier molecular flexibility index (Phi) is 5.65. The van der Waals surface area contributed by atoms with Crippen molar-refractivity contribution in [2.24, 2.45) is 5.92 Å². The highest BCUT2D eigenvalue weighted by Gasteiger charge is 2.22. The maximum absolute atomic E-state index is 6.20. The van der Waals surface area contributed by atoms with E-state index < -0.39 is 0 Å². The summed E-state index contributed by atoms with van der Waals surface area (Å²) in [6.07, 6.45) is 2.39. The second-order valence-corrected chi connectivity index (χ2v) is 5.10.